The van der Waals surface area contributed by atoms with Gasteiger partial charge in [-0.25, -0.2) is 35.9 Å². The molecule has 0 aromatic heterocycles. The van der Waals surface area contributed by atoms with Crippen molar-refractivity contribution in [3.8, 4) is 0 Å². The Morgan fingerprint density at radius 3 is 1.48 bits per heavy atom. The number of esters is 2. The molecule has 21 N–H and O–H groups in total. The number of ether oxygens (including phenoxy) is 2. The van der Waals surface area contributed by atoms with E-state index in [1.54, 1.807) is 18.2 Å². The average molecular weight is 2130 g/mol. The molecule has 30 nitrogen and oxygen atoms in total. The van der Waals surface area contributed by atoms with E-state index in [2.05, 4.69) is 148 Å². The first-order chi connectivity index (χ1) is 50.5. The fourth-order valence-electron chi connectivity index (χ4n) is 5.87. The maximum atomic E-state index is 13.5. The average Bonchev–Trinajstić information content (AvgIpc) is 1.72. The van der Waals surface area contributed by atoms with Crippen LogP contribution in [0.15, 0.2) is 127 Å². The third kappa shape index (κ3) is 39.4. The Morgan fingerprint density at radius 1 is 0.682 bits per heavy atom. The Balaban J connectivity index is -0.000000380. The van der Waals surface area contributed by atoms with Crippen molar-refractivity contribution in [1.82, 2.24) is 5.32 Å². The molecule has 110 heavy (non-hydrogen) atoms. The number of nitrogen functional groups attached to an aromatic ring is 4. The number of nitro benzene ring substituents is 1. The molecule has 7 aromatic carbocycles. The van der Waals surface area contributed by atoms with Gasteiger partial charge in [0.15, 0.2) is 41.2 Å². The van der Waals surface area contributed by atoms with Crippen LogP contribution in [0.25, 0.3) is 5.59 Å². The number of methoxy groups -OCH3 is 2. The largest absolute Gasteiger partial charge is 1.00 e. The molecule has 0 spiro atoms. The number of aliphatic hydroxyl groups is 2. The van der Waals surface area contributed by atoms with Gasteiger partial charge >= 0.3 is 59.1 Å². The molecule has 1 aliphatic rings. The molecule has 51 heteroatoms. The second kappa shape index (κ2) is 57.6. The topological polar surface area (TPSA) is 538 Å². The number of hydrogen-bond donors (Lipinski definition) is 15. The number of Topliss-reactive ketones (excluding diaryl/α,β-unsaturated/α-hetero) is 1. The van der Waals surface area contributed by atoms with Gasteiger partial charge in [0, 0.05) is 6.07 Å². The molecule has 600 valence electrons. The number of hydrogen-bond acceptors (Lipinski definition) is 23. The number of aromatic carboxylic acids is 2. The normalized spacial score (nSPS) is 10.2. The Kier molecular flexibility index (Phi) is 57.5. The number of carboxylic acids is 2. The van der Waals surface area contributed by atoms with Crippen LogP contribution >= 0.6 is 170 Å². The maximum absolute atomic E-state index is 13.5. The number of nitrogens with zero attached hydrogens (tertiary/aromatic N) is 3. The summed E-state index contributed by atoms with van der Waals surface area (Å²) in [5, 5.41) is 67.4. The van der Waals surface area contributed by atoms with Crippen molar-refractivity contribution in [3.63, 3.8) is 0 Å². The Labute approximate surface area is 724 Å². The number of rotatable bonds is 9. The standard InChI is InChI=1S/C10H9BrClFN2O3.C8H6BrFN2O2.C8H3BrFNO2.C7H4BrClFNO2.C7H5BrFNO2.C6H3BrFNO2.C6H5BrFN.C3H7NO2.C2H3Cl3O2.CH3F.CH4.H3N2O.Na/c1-18-6(16)3-15-10(17)4-2-5(12)7(11)8(13)9(4)14;9-5-2-1-3-6(8(5)10)12-7(13)4-11-14;9-4-2-1-3-6(5(4)10)11-8(13)7(3)12;8-4-3(9)1-2(7(12)13)6(11)5(4)10;8-4-2-1-3(7(11)12)6(10)5(4)9;7-4-2-1-3-5(6(4)8)9(10)11;7-4-2-1-3-5(9)6(4)8;1-6-3(5)2-4;3-2(4,5)1(6)7;1-2;;1-2-3;/h2H,3,14H2,1H3,(H,15,17);1-4,14H,(H,12,13);1-2H,(H,11,12,13);1H,11H2,(H,12,13);1-2H,10H2,(H,11,12);1-3H;1-3H,9H2;2,4H2,1H3;1,6-7H;1H3;1H4;3H,1H2;/q;;;;;;;;;;;-1;+1/i;;;;;;;;;1D;;;. The number of nitro groups is 1. The van der Waals surface area contributed by atoms with Gasteiger partial charge < -0.3 is 96.4 Å². The number of alkyl halides is 4. The van der Waals surface area contributed by atoms with Crippen molar-refractivity contribution in [1.29, 1.82) is 0 Å². The van der Waals surface area contributed by atoms with E-state index in [1.807, 2.05) is 5.59 Å². The number of carbonyl (C=O) groups is 8. The van der Waals surface area contributed by atoms with E-state index < -0.39 is 116 Å². The third-order valence-corrected chi connectivity index (χ3v) is 17.1. The summed E-state index contributed by atoms with van der Waals surface area (Å²) in [5.74, 6) is -7.28. The van der Waals surface area contributed by atoms with Crippen molar-refractivity contribution in [2.24, 2.45) is 16.7 Å². The van der Waals surface area contributed by atoms with Crippen LogP contribution in [0, 0.1) is 50.8 Å². The van der Waals surface area contributed by atoms with Crippen LogP contribution in [-0.2, 0) is 28.7 Å². The number of ketones is 1. The number of oxime groups is 1. The summed E-state index contributed by atoms with van der Waals surface area (Å²) < 4.78 is 114. The zero-order valence-electron chi connectivity index (χ0n) is 55.4. The molecular formula is C59H55Br7Cl5F8N12NaO18. The van der Waals surface area contributed by atoms with Crippen LogP contribution in [0.3, 0.4) is 0 Å². The number of amides is 3. The molecule has 0 fully saturated rings. The molecule has 0 unspecified atom stereocenters. The van der Waals surface area contributed by atoms with E-state index in [0.717, 1.165) is 12.1 Å². The first-order valence-electron chi connectivity index (χ1n) is 27.3. The Bertz CT molecular complexity index is 4350. The van der Waals surface area contributed by atoms with E-state index in [0.29, 0.717) is 10.7 Å². The molecule has 8 rings (SSSR count). The fraction of sp³-hybridized carbons (Fsp3) is 0.136. The number of nitrogens with two attached hydrogens (primary N) is 6. The number of aliphatic hydroxyl groups excluding tert-OH is 1. The van der Waals surface area contributed by atoms with Crippen molar-refractivity contribution in [2.75, 3.05) is 68.0 Å². The molecule has 0 saturated heterocycles. The van der Waals surface area contributed by atoms with Crippen molar-refractivity contribution >= 4 is 263 Å². The monoisotopic (exact) mass is 2120 g/mol. The fourth-order valence-corrected chi connectivity index (χ4v) is 8.69. The van der Waals surface area contributed by atoms with Gasteiger partial charge in [-0.15, -0.1) is 0 Å². The minimum absolute atomic E-state index is 0. The summed E-state index contributed by atoms with van der Waals surface area (Å²) in [6.45, 7) is -0.374. The van der Waals surface area contributed by atoms with Crippen molar-refractivity contribution in [3.05, 3.63) is 211 Å². The predicted molar refractivity (Wildman–Crippen MR) is 416 cm³/mol. The molecule has 3 amide bonds. The number of anilines is 6. The van der Waals surface area contributed by atoms with Crippen molar-refractivity contribution in [2.45, 2.75) is 17.5 Å². The molecule has 1 aliphatic heterocycles. The van der Waals surface area contributed by atoms with Crippen LogP contribution in [0.4, 0.5) is 74.9 Å². The van der Waals surface area contributed by atoms with Crippen LogP contribution < -0.4 is 80.0 Å². The number of nitrogens with one attached hydrogen (secondary N) is 3. The quantitative estimate of drug-likeness (QED) is 0.00509. The summed E-state index contributed by atoms with van der Waals surface area (Å²) in [4.78, 5) is 95.4. The van der Waals surface area contributed by atoms with Gasteiger partial charge in [0.2, 0.25) is 9.61 Å². The van der Waals surface area contributed by atoms with E-state index in [4.69, 9.17) is 119 Å². The molecule has 0 aliphatic carbocycles. The van der Waals surface area contributed by atoms with Gasteiger partial charge in [0.25, 0.3) is 23.5 Å². The van der Waals surface area contributed by atoms with E-state index in [1.165, 1.54) is 74.9 Å². The number of carboxylic acid groups (broad SMARTS) is 2. The third-order valence-electron chi connectivity index (χ3n) is 10.8. The molecular weight excluding hydrogens is 2080 g/mol. The summed E-state index contributed by atoms with van der Waals surface area (Å²) >= 11 is 46.3. The van der Waals surface area contributed by atoms with Crippen LogP contribution in [0.5, 0.6) is 0 Å². The summed E-state index contributed by atoms with van der Waals surface area (Å²) in [6, 6.07) is 20.8. The minimum atomic E-state index is -1.97. The maximum Gasteiger partial charge on any atom is 1.00 e. The number of fused-ring (bicyclic) bond motifs is 1. The SMILES string of the molecule is C.COC(=O)CN.COC(=O)CNC(=O)c1cc(Cl)c(Br)c(F)c1N.N[N-]O.Nc1c(C(=O)O)cc(Cl)c(Br)c1F.Nc1c(C(=O)O)ccc(Br)c1F.Nc1cccc(Br)c1F.O=C(C=NO)Nc1cccc(Br)c1F.O=C1Nc2c(ccc(Br)c2F)C1=O.O=[N+]([O-])c1cccc(Br)c1F.OC(O)C(Cl)(Cl)Cl.[2H]CF.[Na+]. The second-order valence-electron chi connectivity index (χ2n) is 17.8. The molecule has 0 atom stereocenters. The smallest absolute Gasteiger partial charge is 0.488 e. The second-order valence-corrected chi connectivity index (χ2v) is 26.8. The van der Waals surface area contributed by atoms with Gasteiger partial charge in [-0.2, -0.15) is 4.39 Å². The van der Waals surface area contributed by atoms with Crippen LogP contribution in [0.2, 0.25) is 10.0 Å². The van der Waals surface area contributed by atoms with E-state index in [9.17, 15) is 83.6 Å². The predicted octanol–water partition coefficient (Wildman–Crippen LogP) is 12.1. The first-order valence-corrected chi connectivity index (χ1v) is 34.0. The molecule has 0 saturated carbocycles. The molecule has 7 aromatic rings. The summed E-state index contributed by atoms with van der Waals surface area (Å²) in [6.07, 6.45) is -1.27. The summed E-state index contributed by atoms with van der Waals surface area (Å²) in [7, 11) is 1.48. The summed E-state index contributed by atoms with van der Waals surface area (Å²) in [5.41, 5.74) is 25.8. The van der Waals surface area contributed by atoms with E-state index >= 15 is 0 Å². The van der Waals surface area contributed by atoms with Gasteiger partial charge in [-0.1, -0.05) is 88.8 Å². The van der Waals surface area contributed by atoms with E-state index in [-0.39, 0.29) is 144 Å². The zero-order valence-corrected chi connectivity index (χ0v) is 71.3. The Hall–Kier alpha value is -6.42. The number of carbonyl (C=O) groups excluding carboxylic acids is 6. The number of halogens is 20. The van der Waals surface area contributed by atoms with Gasteiger partial charge in [0.1, 0.15) is 12.8 Å². The zero-order chi connectivity index (χ0) is 85.2. The first kappa shape index (κ1) is 110. The minimum Gasteiger partial charge on any atom is -0.488 e. The molecule has 0 bridgehead atoms. The van der Waals surface area contributed by atoms with Gasteiger partial charge in [-0.3, -0.25) is 43.3 Å². The van der Waals surface area contributed by atoms with Crippen LogP contribution in [-0.4, -0.2) is 134 Å². The van der Waals surface area contributed by atoms with Crippen molar-refractivity contribution < 1.29 is 150 Å². The van der Waals surface area contributed by atoms with Crippen LogP contribution in [0.1, 0.15) is 50.2 Å². The molecule has 0 radical (unpaired) electrons. The van der Waals surface area contributed by atoms with Gasteiger partial charge in [0.05, 0.1) is 132 Å². The number of benzene rings is 7. The molecule has 1 heterocycles. The Morgan fingerprint density at radius 2 is 1.08 bits per heavy atom. The van der Waals surface area contributed by atoms with Gasteiger partial charge in [-0.05, 0) is 178 Å².